The SMILES string of the molecule is Cc1cc(NC(=O)C2CC23CCc2ccccc23)n(CCC#N)n1. The maximum atomic E-state index is 12.8. The van der Waals surface area contributed by atoms with Crippen LogP contribution in [0.25, 0.3) is 0 Å². The average molecular weight is 320 g/mol. The van der Waals surface area contributed by atoms with E-state index in [2.05, 4.69) is 40.8 Å². The largest absolute Gasteiger partial charge is 0.311 e. The molecule has 1 fully saturated rings. The molecule has 2 atom stereocenters. The minimum absolute atomic E-state index is 0.0424. The van der Waals surface area contributed by atoms with E-state index in [9.17, 15) is 4.79 Å². The van der Waals surface area contributed by atoms with Gasteiger partial charge in [-0.1, -0.05) is 24.3 Å². The molecule has 1 amide bonds. The number of fused-ring (bicyclic) bond motifs is 2. The summed E-state index contributed by atoms with van der Waals surface area (Å²) in [4.78, 5) is 12.8. The van der Waals surface area contributed by atoms with Crippen LogP contribution >= 0.6 is 0 Å². The van der Waals surface area contributed by atoms with Crippen molar-refractivity contribution in [1.82, 2.24) is 9.78 Å². The molecular weight excluding hydrogens is 300 g/mol. The van der Waals surface area contributed by atoms with E-state index in [0.29, 0.717) is 18.8 Å². The maximum absolute atomic E-state index is 12.8. The Bertz CT molecular complexity index is 847. The van der Waals surface area contributed by atoms with Gasteiger partial charge in [0.1, 0.15) is 5.82 Å². The molecule has 1 heterocycles. The number of nitrogens with one attached hydrogen (secondary N) is 1. The number of aromatic nitrogens is 2. The van der Waals surface area contributed by atoms with Gasteiger partial charge in [0.05, 0.1) is 24.7 Å². The van der Waals surface area contributed by atoms with Crippen LogP contribution < -0.4 is 5.32 Å². The van der Waals surface area contributed by atoms with Crippen LogP contribution in [0.15, 0.2) is 30.3 Å². The van der Waals surface area contributed by atoms with Crippen molar-refractivity contribution < 1.29 is 4.79 Å². The van der Waals surface area contributed by atoms with Crippen molar-refractivity contribution in [3.63, 3.8) is 0 Å². The van der Waals surface area contributed by atoms with Crippen molar-refractivity contribution in [2.24, 2.45) is 5.92 Å². The highest BCUT2D eigenvalue weighted by atomic mass is 16.2. The van der Waals surface area contributed by atoms with Gasteiger partial charge < -0.3 is 5.32 Å². The van der Waals surface area contributed by atoms with Crippen molar-refractivity contribution in [3.8, 4) is 6.07 Å². The molecule has 2 unspecified atom stereocenters. The van der Waals surface area contributed by atoms with Crippen molar-refractivity contribution in [2.45, 2.75) is 44.6 Å². The molecule has 0 bridgehead atoms. The van der Waals surface area contributed by atoms with E-state index in [1.165, 1.54) is 11.1 Å². The Balaban J connectivity index is 1.51. The predicted octanol–water partition coefficient (Wildman–Crippen LogP) is 2.95. The Morgan fingerprint density at radius 2 is 2.33 bits per heavy atom. The molecule has 0 aliphatic heterocycles. The van der Waals surface area contributed by atoms with E-state index in [4.69, 9.17) is 5.26 Å². The van der Waals surface area contributed by atoms with Crippen molar-refractivity contribution in [2.75, 3.05) is 5.32 Å². The Morgan fingerprint density at radius 1 is 1.50 bits per heavy atom. The van der Waals surface area contributed by atoms with Crippen molar-refractivity contribution in [3.05, 3.63) is 47.2 Å². The summed E-state index contributed by atoms with van der Waals surface area (Å²) < 4.78 is 1.72. The zero-order chi connectivity index (χ0) is 16.7. The number of carbonyl (C=O) groups is 1. The molecule has 0 saturated heterocycles. The molecule has 5 heteroatoms. The van der Waals surface area contributed by atoms with Crippen LogP contribution in [0, 0.1) is 24.2 Å². The topological polar surface area (TPSA) is 70.7 Å². The highest BCUT2D eigenvalue weighted by Gasteiger charge is 2.61. The molecule has 2 aliphatic carbocycles. The Morgan fingerprint density at radius 3 is 3.17 bits per heavy atom. The normalized spacial score (nSPS) is 23.8. The Hall–Kier alpha value is -2.61. The van der Waals surface area contributed by atoms with E-state index in [-0.39, 0.29) is 17.2 Å². The third-order valence-corrected chi connectivity index (χ3v) is 5.37. The van der Waals surface area contributed by atoms with Gasteiger partial charge in [-0.2, -0.15) is 10.4 Å². The van der Waals surface area contributed by atoms with Crippen molar-refractivity contribution in [1.29, 1.82) is 5.26 Å². The van der Waals surface area contributed by atoms with Gasteiger partial charge in [-0.25, -0.2) is 4.68 Å². The van der Waals surface area contributed by atoms with E-state index in [1.54, 1.807) is 4.68 Å². The molecule has 24 heavy (non-hydrogen) atoms. The summed E-state index contributed by atoms with van der Waals surface area (Å²) in [5.41, 5.74) is 3.65. The van der Waals surface area contributed by atoms with Crippen LogP contribution in [0.2, 0.25) is 0 Å². The van der Waals surface area contributed by atoms with E-state index in [1.807, 2.05) is 13.0 Å². The quantitative estimate of drug-likeness (QED) is 0.941. The molecule has 1 aromatic heterocycles. The lowest BCUT2D eigenvalue weighted by Gasteiger charge is -2.12. The standard InChI is InChI=1S/C19H20N4O/c1-13-11-17(23(22-13)10-4-9-20)21-18(24)16-12-19(16)8-7-14-5-2-3-6-15(14)19/h2-3,5-6,11,16H,4,7-8,10,12H2,1H3,(H,21,24). The summed E-state index contributed by atoms with van der Waals surface area (Å²) in [5, 5.41) is 16.2. The predicted molar refractivity (Wildman–Crippen MR) is 90.4 cm³/mol. The number of nitriles is 1. The first-order chi connectivity index (χ1) is 11.6. The summed E-state index contributed by atoms with van der Waals surface area (Å²) in [5.74, 6) is 0.812. The molecule has 4 rings (SSSR count). The summed E-state index contributed by atoms with van der Waals surface area (Å²) >= 11 is 0. The molecule has 1 saturated carbocycles. The van der Waals surface area contributed by atoms with Gasteiger partial charge in [0.15, 0.2) is 0 Å². The summed E-state index contributed by atoms with van der Waals surface area (Å²) in [6.45, 7) is 2.39. The number of amides is 1. The zero-order valence-corrected chi connectivity index (χ0v) is 13.7. The van der Waals surface area contributed by atoms with E-state index in [0.717, 1.165) is 25.0 Å². The number of rotatable bonds is 4. The van der Waals surface area contributed by atoms with Gasteiger partial charge in [-0.3, -0.25) is 4.79 Å². The lowest BCUT2D eigenvalue weighted by atomic mass is 9.95. The molecule has 5 nitrogen and oxygen atoms in total. The smallest absolute Gasteiger partial charge is 0.229 e. The number of hydrogen-bond donors (Lipinski definition) is 1. The minimum atomic E-state index is 0.0424. The van der Waals surface area contributed by atoms with E-state index < -0.39 is 0 Å². The van der Waals surface area contributed by atoms with E-state index >= 15 is 0 Å². The number of carbonyl (C=O) groups excluding carboxylic acids is 1. The van der Waals surface area contributed by atoms with Crippen LogP contribution in [0.3, 0.4) is 0 Å². The number of aryl methyl sites for hydroxylation is 3. The fourth-order valence-electron chi connectivity index (χ4n) is 4.13. The number of anilines is 1. The van der Waals surface area contributed by atoms with Crippen LogP contribution in [0.1, 0.15) is 36.1 Å². The Labute approximate surface area is 141 Å². The average Bonchev–Trinajstić information content (AvgIpc) is 3.06. The van der Waals surface area contributed by atoms with Crippen LogP contribution in [0.4, 0.5) is 5.82 Å². The second kappa shape index (κ2) is 5.48. The van der Waals surface area contributed by atoms with Gasteiger partial charge in [-0.05, 0) is 37.3 Å². The number of benzene rings is 1. The first kappa shape index (κ1) is 14.9. The Kier molecular flexibility index (Phi) is 3.42. The van der Waals surface area contributed by atoms with Crippen LogP contribution in [0.5, 0.6) is 0 Å². The second-order valence-electron chi connectivity index (χ2n) is 6.86. The molecular formula is C19H20N4O. The van der Waals surface area contributed by atoms with Crippen LogP contribution in [-0.2, 0) is 23.2 Å². The molecule has 1 aromatic carbocycles. The molecule has 2 aromatic rings. The van der Waals surface area contributed by atoms with Crippen LogP contribution in [-0.4, -0.2) is 15.7 Å². The van der Waals surface area contributed by atoms with Gasteiger partial charge in [0.2, 0.25) is 5.91 Å². The zero-order valence-electron chi connectivity index (χ0n) is 13.7. The fraction of sp³-hybridized carbons (Fsp3) is 0.421. The monoisotopic (exact) mass is 320 g/mol. The summed E-state index contributed by atoms with van der Waals surface area (Å²) in [6.07, 6.45) is 3.45. The lowest BCUT2D eigenvalue weighted by molar-refractivity contribution is -0.117. The maximum Gasteiger partial charge on any atom is 0.229 e. The van der Waals surface area contributed by atoms with Gasteiger partial charge >= 0.3 is 0 Å². The highest BCUT2D eigenvalue weighted by Crippen LogP contribution is 2.61. The molecule has 122 valence electrons. The molecule has 2 aliphatic rings. The second-order valence-corrected chi connectivity index (χ2v) is 6.86. The summed E-state index contributed by atoms with van der Waals surface area (Å²) in [6, 6.07) is 12.5. The fourth-order valence-corrected chi connectivity index (χ4v) is 4.13. The highest BCUT2D eigenvalue weighted by molar-refractivity contribution is 5.95. The molecule has 1 N–H and O–H groups in total. The minimum Gasteiger partial charge on any atom is -0.311 e. The van der Waals surface area contributed by atoms with Gasteiger partial charge in [0, 0.05) is 17.4 Å². The third kappa shape index (κ3) is 2.30. The van der Waals surface area contributed by atoms with Gasteiger partial charge in [-0.15, -0.1) is 0 Å². The first-order valence-electron chi connectivity index (χ1n) is 8.45. The third-order valence-electron chi connectivity index (χ3n) is 5.37. The lowest BCUT2D eigenvalue weighted by Crippen LogP contribution is -2.21. The molecule has 1 spiro atoms. The number of hydrogen-bond acceptors (Lipinski definition) is 3. The molecule has 0 radical (unpaired) electrons. The van der Waals surface area contributed by atoms with Gasteiger partial charge in [0.25, 0.3) is 0 Å². The summed E-state index contributed by atoms with van der Waals surface area (Å²) in [7, 11) is 0. The first-order valence-corrected chi connectivity index (χ1v) is 8.45. The van der Waals surface area contributed by atoms with Crippen molar-refractivity contribution >= 4 is 11.7 Å². The number of nitrogens with zero attached hydrogens (tertiary/aromatic N) is 3.